The summed E-state index contributed by atoms with van der Waals surface area (Å²) >= 11 is 0. The van der Waals surface area contributed by atoms with Gasteiger partial charge < -0.3 is 9.30 Å². The van der Waals surface area contributed by atoms with Crippen molar-refractivity contribution in [2.24, 2.45) is 0 Å². The molecule has 1 N–H and O–H groups in total. The second-order valence-electron chi connectivity index (χ2n) is 5.10. The molecule has 2 heterocycles. The molecule has 0 atom stereocenters. The van der Waals surface area contributed by atoms with Crippen LogP contribution in [0.5, 0.6) is 0 Å². The zero-order valence-corrected chi connectivity index (χ0v) is 11.5. The normalized spacial score (nSPS) is 11.1. The average Bonchev–Trinajstić information content (AvgIpc) is 2.72. The lowest BCUT2D eigenvalue weighted by Gasteiger charge is -2.19. The quantitative estimate of drug-likeness (QED) is 0.844. The van der Waals surface area contributed by atoms with Crippen molar-refractivity contribution in [3.05, 3.63) is 12.7 Å². The molecule has 0 aliphatic heterocycles. The molecule has 2 aromatic rings. The van der Waals surface area contributed by atoms with E-state index in [2.05, 4.69) is 26.2 Å². The van der Waals surface area contributed by atoms with Gasteiger partial charge in [0.15, 0.2) is 17.0 Å². The molecule has 0 saturated heterocycles. The summed E-state index contributed by atoms with van der Waals surface area (Å²) in [5, 5.41) is 2.56. The third-order valence-corrected chi connectivity index (χ3v) is 2.28. The van der Waals surface area contributed by atoms with E-state index in [9.17, 15) is 4.79 Å². The van der Waals surface area contributed by atoms with Crippen LogP contribution in [0.25, 0.3) is 11.2 Å². The Hall–Kier alpha value is -2.62. The maximum Gasteiger partial charge on any atom is 0.413 e. The predicted octanol–water partition coefficient (Wildman–Crippen LogP) is 1.81. The van der Waals surface area contributed by atoms with Gasteiger partial charge in [0.2, 0.25) is 0 Å². The molecule has 2 aromatic heterocycles. The summed E-state index contributed by atoms with van der Waals surface area (Å²) in [7, 11) is 0. The van der Waals surface area contributed by atoms with Gasteiger partial charge in [-0.3, -0.25) is 5.32 Å². The van der Waals surface area contributed by atoms with E-state index in [1.54, 1.807) is 31.7 Å². The van der Waals surface area contributed by atoms with Crippen molar-refractivity contribution in [1.82, 2.24) is 19.5 Å². The first-order valence-corrected chi connectivity index (χ1v) is 6.00. The minimum Gasteiger partial charge on any atom is -0.444 e. The van der Waals surface area contributed by atoms with Crippen LogP contribution in [-0.4, -0.2) is 31.2 Å². The summed E-state index contributed by atoms with van der Waals surface area (Å²) < 4.78 is 6.86. The highest BCUT2D eigenvalue weighted by atomic mass is 16.6. The molecule has 0 aliphatic carbocycles. The second-order valence-corrected chi connectivity index (χ2v) is 5.10. The van der Waals surface area contributed by atoms with Crippen molar-refractivity contribution in [1.29, 1.82) is 0 Å². The van der Waals surface area contributed by atoms with E-state index in [0.717, 1.165) is 0 Å². The number of nitrogens with zero attached hydrogens (tertiary/aromatic N) is 4. The number of imidazole rings is 1. The zero-order chi connectivity index (χ0) is 14.8. The van der Waals surface area contributed by atoms with Crippen LogP contribution < -0.4 is 5.32 Å². The lowest BCUT2D eigenvalue weighted by Crippen LogP contribution is -2.27. The summed E-state index contributed by atoms with van der Waals surface area (Å²) in [6.07, 6.45) is 7.57. The van der Waals surface area contributed by atoms with E-state index >= 15 is 0 Å². The Bertz CT molecular complexity index is 678. The molecule has 7 heteroatoms. The molecular weight excluding hydrogens is 258 g/mol. The van der Waals surface area contributed by atoms with Crippen molar-refractivity contribution >= 4 is 23.1 Å². The summed E-state index contributed by atoms with van der Waals surface area (Å²) in [5.74, 6) is 2.80. The van der Waals surface area contributed by atoms with Crippen LogP contribution in [0.4, 0.5) is 10.6 Å². The molecule has 7 nitrogen and oxygen atoms in total. The Labute approximate surface area is 116 Å². The SMILES string of the molecule is C#CCn1cnc2c(NC(=O)OC(C)(C)C)ncnc21. The van der Waals surface area contributed by atoms with E-state index in [0.29, 0.717) is 23.5 Å². The van der Waals surface area contributed by atoms with Crippen molar-refractivity contribution in [3.63, 3.8) is 0 Å². The van der Waals surface area contributed by atoms with E-state index in [1.165, 1.54) is 6.33 Å². The third-order valence-electron chi connectivity index (χ3n) is 2.28. The fraction of sp³-hybridized carbons (Fsp3) is 0.385. The van der Waals surface area contributed by atoms with Gasteiger partial charge in [0.25, 0.3) is 0 Å². The molecule has 0 fully saturated rings. The van der Waals surface area contributed by atoms with E-state index in [4.69, 9.17) is 11.2 Å². The summed E-state index contributed by atoms with van der Waals surface area (Å²) in [4.78, 5) is 24.0. The molecular formula is C13H15N5O2. The number of nitrogens with one attached hydrogen (secondary N) is 1. The number of fused-ring (bicyclic) bond motifs is 1. The maximum atomic E-state index is 11.7. The Kier molecular flexibility index (Phi) is 3.57. The molecule has 0 saturated carbocycles. The van der Waals surface area contributed by atoms with Gasteiger partial charge in [-0.2, -0.15) is 0 Å². The smallest absolute Gasteiger partial charge is 0.413 e. The fourth-order valence-corrected chi connectivity index (χ4v) is 1.59. The van der Waals surface area contributed by atoms with Crippen LogP contribution in [0, 0.1) is 12.3 Å². The zero-order valence-electron chi connectivity index (χ0n) is 11.5. The minimum atomic E-state index is -0.594. The Morgan fingerprint density at radius 3 is 2.85 bits per heavy atom. The number of carbonyl (C=O) groups excluding carboxylic acids is 1. The molecule has 104 valence electrons. The second kappa shape index (κ2) is 5.17. The van der Waals surface area contributed by atoms with Crippen LogP contribution in [0.1, 0.15) is 20.8 Å². The molecule has 0 bridgehead atoms. The molecule has 0 aliphatic rings. The minimum absolute atomic E-state index is 0.292. The van der Waals surface area contributed by atoms with Gasteiger partial charge in [0, 0.05) is 0 Å². The maximum absolute atomic E-state index is 11.7. The molecule has 1 amide bonds. The number of hydrogen-bond acceptors (Lipinski definition) is 5. The number of terminal acetylenes is 1. The van der Waals surface area contributed by atoms with Gasteiger partial charge in [-0.05, 0) is 20.8 Å². The number of aromatic nitrogens is 4. The first kappa shape index (κ1) is 13.8. The third kappa shape index (κ3) is 3.03. The highest BCUT2D eigenvalue weighted by Crippen LogP contribution is 2.18. The summed E-state index contributed by atoms with van der Waals surface area (Å²) in [6, 6.07) is 0. The molecule has 0 unspecified atom stereocenters. The molecule has 0 aromatic carbocycles. The van der Waals surface area contributed by atoms with Gasteiger partial charge in [0.05, 0.1) is 12.9 Å². The first-order chi connectivity index (χ1) is 9.40. The number of hydrogen-bond donors (Lipinski definition) is 1. The number of ether oxygens (including phenoxy) is 1. The molecule has 2 rings (SSSR count). The number of rotatable bonds is 2. The van der Waals surface area contributed by atoms with Crippen LogP contribution in [0.3, 0.4) is 0 Å². The van der Waals surface area contributed by atoms with Gasteiger partial charge >= 0.3 is 6.09 Å². The monoisotopic (exact) mass is 273 g/mol. The Balaban J connectivity index is 2.27. The number of anilines is 1. The highest BCUT2D eigenvalue weighted by molar-refractivity contribution is 5.93. The van der Waals surface area contributed by atoms with Crippen LogP contribution in [0.15, 0.2) is 12.7 Å². The molecule has 0 spiro atoms. The van der Waals surface area contributed by atoms with E-state index in [1.807, 2.05) is 0 Å². The van der Waals surface area contributed by atoms with Crippen molar-refractivity contribution in [2.45, 2.75) is 32.9 Å². The van der Waals surface area contributed by atoms with Crippen molar-refractivity contribution in [2.75, 3.05) is 5.32 Å². The van der Waals surface area contributed by atoms with Gasteiger partial charge in [-0.15, -0.1) is 6.42 Å². The fourth-order valence-electron chi connectivity index (χ4n) is 1.59. The van der Waals surface area contributed by atoms with Crippen LogP contribution >= 0.6 is 0 Å². The predicted molar refractivity (Wildman–Crippen MR) is 74.0 cm³/mol. The largest absolute Gasteiger partial charge is 0.444 e. The lowest BCUT2D eigenvalue weighted by molar-refractivity contribution is 0.0635. The van der Waals surface area contributed by atoms with Gasteiger partial charge in [-0.25, -0.2) is 19.7 Å². The topological polar surface area (TPSA) is 81.9 Å². The van der Waals surface area contributed by atoms with Crippen molar-refractivity contribution < 1.29 is 9.53 Å². The lowest BCUT2D eigenvalue weighted by atomic mass is 10.2. The van der Waals surface area contributed by atoms with Gasteiger partial charge in [0.1, 0.15) is 11.9 Å². The van der Waals surface area contributed by atoms with Crippen LogP contribution in [-0.2, 0) is 11.3 Å². The molecule has 20 heavy (non-hydrogen) atoms. The number of carbonyl (C=O) groups is 1. The van der Waals surface area contributed by atoms with Crippen LogP contribution in [0.2, 0.25) is 0 Å². The standard InChI is InChI=1S/C13H15N5O2/c1-5-6-18-8-16-9-10(14-7-15-11(9)18)17-12(19)20-13(2,3)4/h1,7-8H,6H2,2-4H3,(H,14,15,17,19). The number of amides is 1. The van der Waals surface area contributed by atoms with Crippen molar-refractivity contribution in [3.8, 4) is 12.3 Å². The first-order valence-electron chi connectivity index (χ1n) is 6.00. The average molecular weight is 273 g/mol. The highest BCUT2D eigenvalue weighted by Gasteiger charge is 2.18. The summed E-state index contributed by atoms with van der Waals surface area (Å²) in [6.45, 7) is 5.69. The molecule has 0 radical (unpaired) electrons. The van der Waals surface area contributed by atoms with Gasteiger partial charge in [-0.1, -0.05) is 5.92 Å². The summed E-state index contributed by atoms with van der Waals surface area (Å²) in [5.41, 5.74) is 0.441. The van der Waals surface area contributed by atoms with E-state index in [-0.39, 0.29) is 0 Å². The van der Waals surface area contributed by atoms with E-state index < -0.39 is 11.7 Å². The Morgan fingerprint density at radius 1 is 1.45 bits per heavy atom. The Morgan fingerprint density at radius 2 is 2.20 bits per heavy atom.